The second-order valence-electron chi connectivity index (χ2n) is 15.5. The van der Waals surface area contributed by atoms with Crippen LogP contribution in [0, 0.1) is 25.2 Å². The molecule has 284 valence electrons. The number of benzene rings is 3. The van der Waals surface area contributed by atoms with Crippen molar-refractivity contribution < 1.29 is 13.8 Å². The molecule has 3 fully saturated rings. The van der Waals surface area contributed by atoms with Gasteiger partial charge in [0.2, 0.25) is 0 Å². The Morgan fingerprint density at radius 1 is 0.885 bits per heavy atom. The van der Waals surface area contributed by atoms with Crippen LogP contribution in [0.15, 0.2) is 76.5 Å². The molecule has 4 heterocycles. The monoisotopic (exact) mass is 744 g/mol. The summed E-state index contributed by atoms with van der Waals surface area (Å²) >= 11 is 2.90. The van der Waals surface area contributed by atoms with Crippen molar-refractivity contribution in [3.8, 4) is 18.6 Å². The minimum atomic E-state index is 0.404. The van der Waals surface area contributed by atoms with Crippen LogP contribution in [0.4, 0.5) is 5.69 Å². The van der Waals surface area contributed by atoms with Crippen molar-refractivity contribution in [2.75, 3.05) is 77.2 Å². The number of thioether (sulfide) groups is 1. The third-order valence-electron chi connectivity index (χ3n) is 11.6. The first-order valence-corrected chi connectivity index (χ1v) is 21.5. The zero-order chi connectivity index (χ0) is 37.4. The summed E-state index contributed by atoms with van der Waals surface area (Å²) in [7, 11) is 4.33. The molecule has 0 spiro atoms. The molecule has 3 aromatic carbocycles. The topological polar surface area (TPSA) is 35.9 Å². The van der Waals surface area contributed by atoms with E-state index < -0.39 is 0 Å². The predicted octanol–water partition coefficient (Wildman–Crippen LogP) is 10.9. The zero-order valence-corrected chi connectivity index (χ0v) is 34.5. The highest BCUT2D eigenvalue weighted by atomic mass is 32.2. The third kappa shape index (κ3) is 12.0. The molecular formula is C45H66N3O2S2+. The molecule has 3 saturated heterocycles. The number of piperazine rings is 3. The number of nitrogens with zero attached hydrogens (tertiary/aromatic N) is 3. The first-order valence-electron chi connectivity index (χ1n) is 19.7. The minimum Gasteiger partial charge on any atom is -0.494 e. The maximum Gasteiger partial charge on any atom is 0.119 e. The number of ether oxygens (including phenoxy) is 1. The van der Waals surface area contributed by atoms with Crippen LogP contribution in [-0.2, 0) is 0 Å². The van der Waals surface area contributed by atoms with Crippen molar-refractivity contribution in [3.63, 3.8) is 0 Å². The standard InChI is InChI=1S/C36H56N3OS.C7H8OS.C2H2/c1-5-7-17-36(18-8-6-2)28-34(33-27-31(37(3)4)13-16-35(33)41-29-36)30-11-14-32(15-12-30)40-26-10-9-22-39-23-19-38(20-24-39)21-25-39;1-6-2-4-7(9-8)5-3-6;1-2/h11-16,27,34H,5-10,17-26,28-29H2,1-4H3;2-5,8H,1H3;1-2H/q+1;;/t34-;;/m1../s1. The Kier molecular flexibility index (Phi) is 17.3. The van der Waals surface area contributed by atoms with Gasteiger partial charge < -0.3 is 18.7 Å². The number of terminal acetylenes is 1. The number of hydrogen-bond donors (Lipinski definition) is 1. The normalized spacial score (nSPS) is 21.4. The van der Waals surface area contributed by atoms with Crippen LogP contribution >= 0.6 is 23.8 Å². The smallest absolute Gasteiger partial charge is 0.119 e. The number of aryl methyl sites for hydroxylation is 1. The molecule has 7 heteroatoms. The predicted molar refractivity (Wildman–Crippen MR) is 226 cm³/mol. The van der Waals surface area contributed by atoms with Crippen LogP contribution in [0.5, 0.6) is 5.75 Å². The summed E-state index contributed by atoms with van der Waals surface area (Å²) in [5.41, 5.74) is 5.90. The van der Waals surface area contributed by atoms with E-state index in [2.05, 4.69) is 105 Å². The van der Waals surface area contributed by atoms with Gasteiger partial charge in [-0.25, -0.2) is 0 Å². The van der Waals surface area contributed by atoms with Crippen molar-refractivity contribution in [1.29, 1.82) is 0 Å². The molecular weight excluding hydrogens is 679 g/mol. The molecule has 52 heavy (non-hydrogen) atoms. The maximum atomic E-state index is 8.55. The second-order valence-corrected chi connectivity index (χ2v) is 17.1. The van der Waals surface area contributed by atoms with Gasteiger partial charge in [-0.15, -0.1) is 24.6 Å². The van der Waals surface area contributed by atoms with Crippen LogP contribution < -0.4 is 9.64 Å². The fraction of sp³-hybridized carbons (Fsp3) is 0.556. The molecule has 4 aliphatic heterocycles. The van der Waals surface area contributed by atoms with E-state index in [-0.39, 0.29) is 0 Å². The van der Waals surface area contributed by atoms with Gasteiger partial charge in [0.15, 0.2) is 0 Å². The number of fused-ring (bicyclic) bond motifs is 4. The van der Waals surface area contributed by atoms with Crippen LogP contribution in [0.1, 0.15) is 94.2 Å². The van der Waals surface area contributed by atoms with E-state index >= 15 is 0 Å². The quantitative estimate of drug-likeness (QED) is 0.0723. The SMILES string of the molecule is C#C.CCCCC1(CCCC)CSc2ccc(N(C)C)cc2[C@@H](c2ccc(OCCCC[N+]34CCN(CC3)CC4)cc2)C1.Cc1ccc(SO)cc1. The van der Waals surface area contributed by atoms with Gasteiger partial charge >= 0.3 is 0 Å². The highest BCUT2D eigenvalue weighted by Crippen LogP contribution is 2.52. The van der Waals surface area contributed by atoms with E-state index in [0.29, 0.717) is 11.3 Å². The maximum absolute atomic E-state index is 8.55. The van der Waals surface area contributed by atoms with Crippen molar-refractivity contribution in [2.24, 2.45) is 5.41 Å². The molecule has 3 aromatic rings. The van der Waals surface area contributed by atoms with Gasteiger partial charge in [0.1, 0.15) is 5.75 Å². The molecule has 0 unspecified atom stereocenters. The molecule has 0 aliphatic carbocycles. The summed E-state index contributed by atoms with van der Waals surface area (Å²) in [6.07, 6.45) is 19.6. The number of hydrogen-bond acceptors (Lipinski definition) is 6. The van der Waals surface area contributed by atoms with Crippen LogP contribution in [0.3, 0.4) is 0 Å². The lowest BCUT2D eigenvalue weighted by atomic mass is 9.70. The Balaban J connectivity index is 0.000000475. The number of quaternary nitrogens is 1. The fourth-order valence-electron chi connectivity index (χ4n) is 8.13. The van der Waals surface area contributed by atoms with Crippen molar-refractivity contribution in [3.05, 3.63) is 83.4 Å². The van der Waals surface area contributed by atoms with E-state index in [0.717, 1.165) is 35.7 Å². The number of anilines is 1. The van der Waals surface area contributed by atoms with Gasteiger partial charge in [0.25, 0.3) is 0 Å². The van der Waals surface area contributed by atoms with E-state index in [1.54, 1.807) is 0 Å². The van der Waals surface area contributed by atoms with Crippen molar-refractivity contribution >= 4 is 29.5 Å². The highest BCUT2D eigenvalue weighted by Gasteiger charge is 2.38. The lowest BCUT2D eigenvalue weighted by Crippen LogP contribution is -2.67. The number of unbranched alkanes of at least 4 members (excludes halogenated alkanes) is 3. The molecule has 0 saturated carbocycles. The summed E-state index contributed by atoms with van der Waals surface area (Å²) in [6.45, 7) is 16.9. The molecule has 1 atom stereocenters. The summed E-state index contributed by atoms with van der Waals surface area (Å²) in [5, 5.41) is 0. The molecule has 0 radical (unpaired) electrons. The fourth-order valence-corrected chi connectivity index (χ4v) is 9.78. The average Bonchev–Trinajstić information content (AvgIpc) is 3.35. The Morgan fingerprint density at radius 3 is 2.10 bits per heavy atom. The molecule has 1 N–H and O–H groups in total. The van der Waals surface area contributed by atoms with Gasteiger partial charge in [-0.1, -0.05) is 69.4 Å². The Labute approximate surface area is 325 Å². The van der Waals surface area contributed by atoms with E-state index in [1.807, 2.05) is 31.2 Å². The molecule has 0 aromatic heterocycles. The first-order chi connectivity index (χ1) is 25.3. The molecule has 5 nitrogen and oxygen atoms in total. The highest BCUT2D eigenvalue weighted by molar-refractivity contribution is 7.99. The Bertz CT molecular complexity index is 1460. The van der Waals surface area contributed by atoms with Crippen LogP contribution in [-0.4, -0.2) is 86.2 Å². The van der Waals surface area contributed by atoms with E-state index in [4.69, 9.17) is 9.29 Å². The summed E-state index contributed by atoms with van der Waals surface area (Å²) < 4.78 is 16.2. The first kappa shape index (κ1) is 42.1. The largest absolute Gasteiger partial charge is 0.494 e. The summed E-state index contributed by atoms with van der Waals surface area (Å²) in [5.74, 6) is 2.71. The Hall–Kier alpha value is -2.60. The van der Waals surface area contributed by atoms with Crippen molar-refractivity contribution in [2.45, 2.75) is 94.3 Å². The zero-order valence-electron chi connectivity index (χ0n) is 32.8. The second kappa shape index (κ2) is 21.3. The number of rotatable bonds is 15. The summed E-state index contributed by atoms with van der Waals surface area (Å²) in [6, 6.07) is 24.1. The van der Waals surface area contributed by atoms with Gasteiger partial charge in [0, 0.05) is 72.9 Å². The van der Waals surface area contributed by atoms with Crippen molar-refractivity contribution in [1.82, 2.24) is 4.90 Å². The van der Waals surface area contributed by atoms with Gasteiger partial charge in [0.05, 0.1) is 32.8 Å². The Morgan fingerprint density at radius 2 is 1.52 bits per heavy atom. The lowest BCUT2D eigenvalue weighted by molar-refractivity contribution is -0.941. The lowest BCUT2D eigenvalue weighted by Gasteiger charge is -2.50. The van der Waals surface area contributed by atoms with E-state index in [1.165, 1.54) is 135 Å². The van der Waals surface area contributed by atoms with Gasteiger partial charge in [-0.3, -0.25) is 4.90 Å². The molecule has 7 rings (SSSR count). The van der Waals surface area contributed by atoms with Gasteiger partial charge in [-0.05, 0) is 98.0 Å². The summed E-state index contributed by atoms with van der Waals surface area (Å²) in [4.78, 5) is 7.26. The van der Waals surface area contributed by atoms with Crippen LogP contribution in [0.25, 0.3) is 0 Å². The average molecular weight is 745 g/mol. The third-order valence-corrected chi connectivity index (χ3v) is 13.5. The van der Waals surface area contributed by atoms with E-state index in [9.17, 15) is 0 Å². The molecule has 0 amide bonds. The minimum absolute atomic E-state index is 0.404. The van der Waals surface area contributed by atoms with Crippen LogP contribution in [0.2, 0.25) is 0 Å². The molecule has 2 bridgehead atoms. The van der Waals surface area contributed by atoms with Gasteiger partial charge in [-0.2, -0.15) is 0 Å². The molecule has 4 aliphatic rings.